The van der Waals surface area contributed by atoms with Crippen LogP contribution >= 0.6 is 38.7 Å². The minimum Gasteiger partial charge on any atom is -0.779 e. The van der Waals surface area contributed by atoms with Gasteiger partial charge in [-0.25, -0.2) is 14.5 Å². The number of aromatic nitrogens is 4. The Hall–Kier alpha value is -3.44. The summed E-state index contributed by atoms with van der Waals surface area (Å²) in [7, 11) is -24.0. The molecule has 0 saturated carbocycles. The molecule has 0 aromatic carbocycles. The van der Waals surface area contributed by atoms with Crippen LogP contribution in [0.25, 0.3) is 6.08 Å². The lowest BCUT2D eigenvalue weighted by Crippen LogP contribution is -2.42. The molecule has 2 aliphatic heterocycles. The van der Waals surface area contributed by atoms with Crippen molar-refractivity contribution in [2.75, 3.05) is 79.3 Å². The lowest BCUT2D eigenvalue weighted by molar-refractivity contribution is -0.306. The summed E-state index contributed by atoms with van der Waals surface area (Å²) in [5.41, 5.74) is 1.72. The number of phosphoric ester groups is 3. The molecule has 38 heteroatoms. The predicted molar refractivity (Wildman–Crippen MR) is 254 cm³/mol. The monoisotopic (exact) mass is 1200 g/mol. The molecule has 2 aromatic heterocycles. The van der Waals surface area contributed by atoms with Crippen LogP contribution in [0.2, 0.25) is 0 Å². The first kappa shape index (κ1) is 66.1. The molecule has 1 amide bonds. The minimum atomic E-state index is -5.58. The van der Waals surface area contributed by atoms with Crippen molar-refractivity contribution in [2.24, 2.45) is 5.73 Å². The molecule has 11 atom stereocenters. The van der Waals surface area contributed by atoms with Gasteiger partial charge in [0.15, 0.2) is 0 Å². The number of nitrogens with two attached hydrogens (primary N) is 1. The maximum Gasteiger partial charge on any atom is 0.333 e. The van der Waals surface area contributed by atoms with Crippen molar-refractivity contribution in [2.45, 2.75) is 88.9 Å². The lowest BCUT2D eigenvalue weighted by Gasteiger charge is -2.30. The highest BCUT2D eigenvalue weighted by molar-refractivity contribution is 7.51. The number of terminal acetylenes is 1. The fraction of sp³-hybridized carbons (Fsp3) is 0.667. The zero-order valence-electron chi connectivity index (χ0n) is 41.5. The van der Waals surface area contributed by atoms with E-state index in [9.17, 15) is 71.3 Å². The van der Waals surface area contributed by atoms with Crippen molar-refractivity contribution in [1.82, 2.24) is 24.0 Å². The summed E-state index contributed by atoms with van der Waals surface area (Å²) in [6.45, 7) is -2.42. The molecule has 33 nitrogen and oxygen atoms in total. The second kappa shape index (κ2) is 30.4. The number of carbonyl (C=O) groups excluding carboxylic acids is 1. The fourth-order valence-electron chi connectivity index (χ4n) is 7.00. The maximum atomic E-state index is 13.6. The van der Waals surface area contributed by atoms with Crippen molar-refractivity contribution in [3.05, 3.63) is 71.3 Å². The molecule has 0 spiro atoms. The second-order valence-corrected chi connectivity index (χ2v) is 24.3. The Labute approximate surface area is 438 Å². The summed E-state index contributed by atoms with van der Waals surface area (Å²) in [6.07, 6.45) is -0.846. The minimum absolute atomic E-state index is 0.0534. The third kappa shape index (κ3) is 22.6. The molecular formula is C39H58N6O27P5-5. The number of hydrogen-bond donors (Lipinski definition) is 3. The van der Waals surface area contributed by atoms with Gasteiger partial charge < -0.3 is 90.5 Å². The Morgan fingerprint density at radius 1 is 0.831 bits per heavy atom. The number of phosphoric acid groups is 3. The number of hydrogen-bond acceptors (Lipinski definition) is 28. The Morgan fingerprint density at radius 2 is 1.43 bits per heavy atom. The van der Waals surface area contributed by atoms with Gasteiger partial charge in [0.2, 0.25) is 5.91 Å². The van der Waals surface area contributed by atoms with Crippen LogP contribution in [0.3, 0.4) is 0 Å². The second-order valence-electron chi connectivity index (χ2n) is 16.6. The molecule has 2 aromatic rings. The highest BCUT2D eigenvalue weighted by Crippen LogP contribution is 2.47. The normalized spacial score (nSPS) is 23.6. The van der Waals surface area contributed by atoms with Crippen LogP contribution in [0.15, 0.2) is 37.6 Å². The third-order valence-corrected chi connectivity index (χ3v) is 15.2. The van der Waals surface area contributed by atoms with Crippen LogP contribution in [0, 0.1) is 19.3 Å². The molecule has 11 unspecified atom stereocenters. The standard InChI is InChI=1S/C39H63N6O27P5/c1-5-6-7-8-14-43-37(48)27(2)23-45(39(43)50)35-22-30(32(69-35)25-66-76(57,58)64-16-9-15-63-75(55,56)65-18-17-61-3)71-74(53,54)20-19-62-72-77(59,60)67-26-31-29(70-73(4,51)52)21-34(68-31)44-24-28(36(47)42-38(44)49)10-11-33(46)41-13-12-40/h1,10-11,23-24,29-32,34-35H,6-9,12-22,25-26,40H2,2-4H3,(H,41,46)(H,51,52)(H,53,54)(H,55,56)(H,57,58)(H,59,60)(H,42,47,49)/p-5/b11-10+. The van der Waals surface area contributed by atoms with E-state index in [-0.39, 0.29) is 50.4 Å². The van der Waals surface area contributed by atoms with Crippen LogP contribution in [0.5, 0.6) is 0 Å². The van der Waals surface area contributed by atoms with Gasteiger partial charge in [0.1, 0.15) is 39.9 Å². The number of H-pyrrole nitrogens is 1. The van der Waals surface area contributed by atoms with E-state index >= 15 is 0 Å². The van der Waals surface area contributed by atoms with Gasteiger partial charge in [0.05, 0.1) is 64.0 Å². The molecule has 2 fully saturated rings. The van der Waals surface area contributed by atoms with Gasteiger partial charge in [-0.3, -0.25) is 46.8 Å². The summed E-state index contributed by atoms with van der Waals surface area (Å²) in [5, 5.41) is 2.43. The van der Waals surface area contributed by atoms with E-state index < -0.39 is 156 Å². The van der Waals surface area contributed by atoms with Crippen LogP contribution in [-0.4, -0.2) is 128 Å². The predicted octanol–water partition coefficient (Wildman–Crippen LogP) is -2.68. The molecule has 2 saturated heterocycles. The average molecular weight is 1200 g/mol. The van der Waals surface area contributed by atoms with E-state index in [0.717, 1.165) is 38.2 Å². The van der Waals surface area contributed by atoms with Crippen molar-refractivity contribution in [3.8, 4) is 12.3 Å². The highest BCUT2D eigenvalue weighted by atomic mass is 31.2. The SMILES string of the molecule is C#CCCCCn1c(=O)c(C)cn(C2CC(OP(=O)([O-])CCOOP(=O)([O-])OCC3OC(n4cc(/C=C/C(=O)NCCN)c(=O)[nH]c4=O)CC3OP(C)(=O)[O-])C(COP(=O)([O-])OCCCOP(=O)([O-])OCCOC)O2)c1=O. The average Bonchev–Trinajstić information content (AvgIpc) is 3.93. The summed E-state index contributed by atoms with van der Waals surface area (Å²) < 4.78 is 120. The van der Waals surface area contributed by atoms with Crippen LogP contribution in [-0.2, 0) is 89.6 Å². The Balaban J connectivity index is 1.41. The summed E-state index contributed by atoms with van der Waals surface area (Å²) in [5.74, 6) is 1.82. The first-order chi connectivity index (χ1) is 36.1. The van der Waals surface area contributed by atoms with Gasteiger partial charge in [-0.1, -0.05) is 0 Å². The van der Waals surface area contributed by atoms with Crippen molar-refractivity contribution >= 4 is 50.6 Å². The van der Waals surface area contributed by atoms with Gasteiger partial charge in [-0.15, -0.1) is 12.3 Å². The molecule has 436 valence electrons. The third-order valence-electron chi connectivity index (χ3n) is 10.5. The highest BCUT2D eigenvalue weighted by Gasteiger charge is 2.42. The first-order valence-corrected chi connectivity index (χ1v) is 31.2. The molecule has 2 aliphatic rings. The molecule has 0 bridgehead atoms. The lowest BCUT2D eigenvalue weighted by atomic mass is 10.2. The summed E-state index contributed by atoms with van der Waals surface area (Å²) in [6, 6.07) is 0. The zero-order chi connectivity index (χ0) is 57.2. The largest absolute Gasteiger partial charge is 0.779 e. The van der Waals surface area contributed by atoms with Crippen LogP contribution < -0.4 is 58.0 Å². The number of nitrogens with zero attached hydrogens (tertiary/aromatic N) is 3. The first-order valence-electron chi connectivity index (χ1n) is 23.1. The van der Waals surface area contributed by atoms with Crippen LogP contribution in [0.4, 0.5) is 0 Å². The Kier molecular flexibility index (Phi) is 26.1. The summed E-state index contributed by atoms with van der Waals surface area (Å²) >= 11 is 0. The van der Waals surface area contributed by atoms with E-state index in [2.05, 4.69) is 34.6 Å². The molecule has 77 heavy (non-hydrogen) atoms. The van der Waals surface area contributed by atoms with E-state index in [4.69, 9.17) is 44.2 Å². The van der Waals surface area contributed by atoms with Crippen molar-refractivity contribution in [1.29, 1.82) is 0 Å². The van der Waals surface area contributed by atoms with E-state index in [1.165, 1.54) is 14.0 Å². The van der Waals surface area contributed by atoms with Gasteiger partial charge in [0, 0.05) is 82.9 Å². The van der Waals surface area contributed by atoms with E-state index in [0.29, 0.717) is 25.9 Å². The maximum absolute atomic E-state index is 13.6. The van der Waals surface area contributed by atoms with Crippen LogP contribution in [0.1, 0.15) is 62.1 Å². The fourth-order valence-corrected chi connectivity index (χ4v) is 10.8. The molecule has 4 heterocycles. The molecule has 0 radical (unpaired) electrons. The number of ether oxygens (including phenoxy) is 3. The summed E-state index contributed by atoms with van der Waals surface area (Å²) in [4.78, 5) is 133. The molecule has 4 N–H and O–H groups in total. The number of nitrogens with one attached hydrogen (secondary N) is 2. The number of rotatable bonds is 35. The number of aromatic amines is 1. The Morgan fingerprint density at radius 3 is 2.04 bits per heavy atom. The number of unbranched alkanes of at least 4 members (excludes halogenated alkanes) is 2. The number of amides is 1. The topological polar surface area (TPSA) is 465 Å². The number of carbonyl (C=O) groups is 1. The molecule has 0 aliphatic carbocycles. The quantitative estimate of drug-likeness (QED) is 0.0158. The van der Waals surface area contributed by atoms with Gasteiger partial charge in [-0.2, -0.15) is 4.67 Å². The van der Waals surface area contributed by atoms with Crippen molar-refractivity contribution in [3.63, 3.8) is 0 Å². The van der Waals surface area contributed by atoms with Gasteiger partial charge >= 0.3 is 11.4 Å². The number of aryl methyl sites for hydroxylation is 1. The van der Waals surface area contributed by atoms with E-state index in [1.807, 2.05) is 4.98 Å². The zero-order valence-corrected chi connectivity index (χ0v) is 46.0. The molecule has 4 rings (SSSR count). The smallest absolute Gasteiger partial charge is 0.333 e. The molecular weight excluding hydrogens is 1140 g/mol. The Bertz CT molecular complexity index is 2860. The van der Waals surface area contributed by atoms with Crippen molar-refractivity contribution < 1.29 is 108 Å². The van der Waals surface area contributed by atoms with Gasteiger partial charge in [0.25, 0.3) is 34.6 Å². The number of methoxy groups -OCH3 is 1. The van der Waals surface area contributed by atoms with Gasteiger partial charge in [-0.05, 0) is 32.3 Å². The van der Waals surface area contributed by atoms with E-state index in [1.54, 1.807) is 0 Å².